The third-order valence-electron chi connectivity index (χ3n) is 3.91. The SMILES string of the molecule is C=CCN(Cc1csc(COc2ccc(C)c(C)c2)n1)C(=O)NC(C)(C)C. The standard InChI is InChI=1S/C21H29N3O2S/c1-7-10-24(20(25)23-21(4,5)6)12-17-14-27-19(22-17)13-26-18-9-8-15(2)16(3)11-18/h7-9,11,14H,1,10,12-13H2,2-6H3,(H,23,25). The van der Waals surface area contributed by atoms with Crippen molar-refractivity contribution < 1.29 is 9.53 Å². The van der Waals surface area contributed by atoms with E-state index < -0.39 is 0 Å². The second-order valence-electron chi connectivity index (χ2n) is 7.62. The predicted octanol–water partition coefficient (Wildman–Crippen LogP) is 4.84. The number of nitrogens with one attached hydrogen (secondary N) is 1. The van der Waals surface area contributed by atoms with Gasteiger partial charge in [0, 0.05) is 17.5 Å². The molecule has 2 aromatic rings. The maximum absolute atomic E-state index is 12.4. The van der Waals surface area contributed by atoms with Gasteiger partial charge in [-0.05, 0) is 57.9 Å². The second-order valence-corrected chi connectivity index (χ2v) is 8.56. The van der Waals surface area contributed by atoms with Crippen molar-refractivity contribution in [2.45, 2.75) is 53.3 Å². The molecule has 5 nitrogen and oxygen atoms in total. The Balaban J connectivity index is 1.97. The first kappa shape index (κ1) is 21.0. The predicted molar refractivity (Wildman–Crippen MR) is 111 cm³/mol. The van der Waals surface area contributed by atoms with Gasteiger partial charge in [-0.15, -0.1) is 17.9 Å². The Kier molecular flexibility index (Phi) is 7.02. The first-order valence-corrected chi connectivity index (χ1v) is 9.87. The molecule has 0 fully saturated rings. The molecule has 0 atom stereocenters. The first-order chi connectivity index (χ1) is 12.7. The van der Waals surface area contributed by atoms with E-state index in [0.717, 1.165) is 16.5 Å². The Labute approximate surface area is 166 Å². The number of ether oxygens (including phenoxy) is 1. The molecule has 6 heteroatoms. The number of aryl methyl sites for hydroxylation is 2. The van der Waals surface area contributed by atoms with Crippen molar-refractivity contribution in [3.63, 3.8) is 0 Å². The van der Waals surface area contributed by atoms with Crippen LogP contribution in [0.1, 0.15) is 42.6 Å². The van der Waals surface area contributed by atoms with Crippen LogP contribution in [0.15, 0.2) is 36.2 Å². The first-order valence-electron chi connectivity index (χ1n) is 8.99. The van der Waals surface area contributed by atoms with Crippen LogP contribution < -0.4 is 10.1 Å². The smallest absolute Gasteiger partial charge is 0.318 e. The summed E-state index contributed by atoms with van der Waals surface area (Å²) in [7, 11) is 0. The Hall–Kier alpha value is -2.34. The van der Waals surface area contributed by atoms with Gasteiger partial charge in [-0.2, -0.15) is 0 Å². The summed E-state index contributed by atoms with van der Waals surface area (Å²) in [5, 5.41) is 5.84. The molecule has 0 aliphatic rings. The number of rotatable bonds is 7. The number of amides is 2. The molecule has 0 spiro atoms. The second kappa shape index (κ2) is 9.04. The van der Waals surface area contributed by atoms with Gasteiger partial charge in [-0.3, -0.25) is 0 Å². The monoisotopic (exact) mass is 387 g/mol. The highest BCUT2D eigenvalue weighted by Gasteiger charge is 2.20. The molecule has 0 unspecified atom stereocenters. The molecule has 2 rings (SSSR count). The van der Waals surface area contributed by atoms with Crippen molar-refractivity contribution in [2.24, 2.45) is 0 Å². The molecule has 1 aromatic carbocycles. The molecule has 1 aromatic heterocycles. The van der Waals surface area contributed by atoms with Gasteiger partial charge in [-0.25, -0.2) is 9.78 Å². The molecule has 0 aliphatic heterocycles. The van der Waals surface area contributed by atoms with Crippen molar-refractivity contribution in [2.75, 3.05) is 6.54 Å². The molecule has 1 N–H and O–H groups in total. The van der Waals surface area contributed by atoms with Crippen LogP contribution in [0.25, 0.3) is 0 Å². The van der Waals surface area contributed by atoms with Gasteiger partial charge in [0.2, 0.25) is 0 Å². The number of hydrogen-bond donors (Lipinski definition) is 1. The molecule has 0 saturated carbocycles. The summed E-state index contributed by atoms with van der Waals surface area (Å²) in [5.74, 6) is 0.840. The van der Waals surface area contributed by atoms with Crippen molar-refractivity contribution in [1.82, 2.24) is 15.2 Å². The number of urea groups is 1. The third kappa shape index (κ3) is 6.71. The summed E-state index contributed by atoms with van der Waals surface area (Å²) in [6, 6.07) is 5.94. The minimum Gasteiger partial charge on any atom is -0.486 e. The lowest BCUT2D eigenvalue weighted by Crippen LogP contribution is -2.48. The highest BCUT2D eigenvalue weighted by atomic mass is 32.1. The quantitative estimate of drug-likeness (QED) is 0.692. The summed E-state index contributed by atoms with van der Waals surface area (Å²) < 4.78 is 5.85. The normalized spacial score (nSPS) is 11.1. The van der Waals surface area contributed by atoms with Crippen LogP contribution in [0, 0.1) is 13.8 Å². The van der Waals surface area contributed by atoms with E-state index in [4.69, 9.17) is 4.74 Å². The molecule has 0 saturated heterocycles. The zero-order chi connectivity index (χ0) is 20.0. The number of carbonyl (C=O) groups excluding carboxylic acids is 1. The van der Waals surface area contributed by atoms with Crippen LogP contribution in [-0.2, 0) is 13.2 Å². The molecule has 0 bridgehead atoms. The van der Waals surface area contributed by atoms with E-state index >= 15 is 0 Å². The largest absolute Gasteiger partial charge is 0.486 e. The van der Waals surface area contributed by atoms with Crippen LogP contribution in [0.5, 0.6) is 5.75 Å². The molecular formula is C21H29N3O2S. The zero-order valence-corrected chi connectivity index (χ0v) is 17.7. The third-order valence-corrected chi connectivity index (χ3v) is 4.78. The maximum atomic E-state index is 12.4. The fourth-order valence-electron chi connectivity index (χ4n) is 2.41. The lowest BCUT2D eigenvalue weighted by atomic mass is 10.1. The minimum absolute atomic E-state index is 0.122. The number of aromatic nitrogens is 1. The van der Waals surface area contributed by atoms with E-state index in [9.17, 15) is 4.79 Å². The van der Waals surface area contributed by atoms with Gasteiger partial charge in [-0.1, -0.05) is 12.1 Å². The molecule has 1 heterocycles. The molecule has 2 amide bonds. The highest BCUT2D eigenvalue weighted by molar-refractivity contribution is 7.09. The van der Waals surface area contributed by atoms with Gasteiger partial charge in [0.1, 0.15) is 17.4 Å². The van der Waals surface area contributed by atoms with Crippen molar-refractivity contribution in [3.8, 4) is 5.75 Å². The van der Waals surface area contributed by atoms with E-state index in [1.54, 1.807) is 22.3 Å². The minimum atomic E-state index is -0.288. The summed E-state index contributed by atoms with van der Waals surface area (Å²) in [6.07, 6.45) is 1.72. The number of carbonyl (C=O) groups is 1. The van der Waals surface area contributed by atoms with Crippen LogP contribution >= 0.6 is 11.3 Å². The summed E-state index contributed by atoms with van der Waals surface area (Å²) >= 11 is 1.54. The van der Waals surface area contributed by atoms with Crippen molar-refractivity contribution in [1.29, 1.82) is 0 Å². The van der Waals surface area contributed by atoms with Crippen molar-refractivity contribution >= 4 is 17.4 Å². The van der Waals surface area contributed by atoms with Crippen LogP contribution in [0.4, 0.5) is 4.79 Å². The van der Waals surface area contributed by atoms with Gasteiger partial charge in [0.05, 0.1) is 12.2 Å². The van der Waals surface area contributed by atoms with Gasteiger partial charge >= 0.3 is 6.03 Å². The van der Waals surface area contributed by atoms with E-state index in [0.29, 0.717) is 19.7 Å². The van der Waals surface area contributed by atoms with E-state index in [1.165, 1.54) is 11.1 Å². The Morgan fingerprint density at radius 2 is 2.07 bits per heavy atom. The van der Waals surface area contributed by atoms with E-state index in [-0.39, 0.29) is 11.6 Å². The van der Waals surface area contributed by atoms with E-state index in [1.807, 2.05) is 38.3 Å². The summed E-state index contributed by atoms with van der Waals surface area (Å²) in [4.78, 5) is 18.7. The van der Waals surface area contributed by atoms with Gasteiger partial charge in [0.25, 0.3) is 0 Å². The molecule has 0 radical (unpaired) electrons. The van der Waals surface area contributed by atoms with Crippen molar-refractivity contribution in [3.05, 3.63) is 58.1 Å². The van der Waals surface area contributed by atoms with Crippen LogP contribution in [0.2, 0.25) is 0 Å². The van der Waals surface area contributed by atoms with Gasteiger partial charge < -0.3 is 15.0 Å². The lowest BCUT2D eigenvalue weighted by Gasteiger charge is -2.27. The lowest BCUT2D eigenvalue weighted by molar-refractivity contribution is 0.191. The fraction of sp³-hybridized carbons (Fsp3) is 0.429. The number of nitrogens with zero attached hydrogens (tertiary/aromatic N) is 2. The van der Waals surface area contributed by atoms with Gasteiger partial charge in [0.15, 0.2) is 0 Å². The Bertz CT molecular complexity index is 793. The Morgan fingerprint density at radius 3 is 2.70 bits per heavy atom. The topological polar surface area (TPSA) is 54.5 Å². The maximum Gasteiger partial charge on any atom is 0.318 e. The number of benzene rings is 1. The van der Waals surface area contributed by atoms with E-state index in [2.05, 4.69) is 36.8 Å². The summed E-state index contributed by atoms with van der Waals surface area (Å²) in [5.41, 5.74) is 3.01. The average Bonchev–Trinajstić information content (AvgIpc) is 3.01. The Morgan fingerprint density at radius 1 is 1.33 bits per heavy atom. The van der Waals surface area contributed by atoms with Crippen LogP contribution in [0.3, 0.4) is 0 Å². The summed E-state index contributed by atoms with van der Waals surface area (Å²) in [6.45, 7) is 15.1. The highest BCUT2D eigenvalue weighted by Crippen LogP contribution is 2.19. The molecular weight excluding hydrogens is 358 g/mol. The number of hydrogen-bond acceptors (Lipinski definition) is 4. The molecule has 27 heavy (non-hydrogen) atoms. The molecule has 0 aliphatic carbocycles. The number of thiazole rings is 1. The molecule has 146 valence electrons. The fourth-order valence-corrected chi connectivity index (χ4v) is 3.10. The average molecular weight is 388 g/mol. The van der Waals surface area contributed by atoms with Crippen LogP contribution in [-0.4, -0.2) is 28.0 Å². The zero-order valence-electron chi connectivity index (χ0n) is 16.8.